The van der Waals surface area contributed by atoms with Crippen molar-refractivity contribution in [3.63, 3.8) is 0 Å². The van der Waals surface area contributed by atoms with Crippen molar-refractivity contribution < 1.29 is 14.1 Å². The highest BCUT2D eigenvalue weighted by atomic mass is 35.5. The Bertz CT molecular complexity index is 737. The molecule has 8 heteroatoms. The van der Waals surface area contributed by atoms with E-state index in [4.69, 9.17) is 11.6 Å². The van der Waals surface area contributed by atoms with E-state index in [0.717, 1.165) is 12.1 Å². The van der Waals surface area contributed by atoms with Gasteiger partial charge in [0.2, 0.25) is 0 Å². The molecule has 1 amide bonds. The van der Waals surface area contributed by atoms with E-state index in [2.05, 4.69) is 10.3 Å². The van der Waals surface area contributed by atoms with E-state index in [-0.39, 0.29) is 5.56 Å². The first-order valence-electron chi connectivity index (χ1n) is 5.76. The van der Waals surface area contributed by atoms with Crippen molar-refractivity contribution in [2.45, 2.75) is 6.92 Å². The fourth-order valence-corrected chi connectivity index (χ4v) is 1.78. The highest BCUT2D eigenvalue weighted by molar-refractivity contribution is 6.30. The first-order valence-corrected chi connectivity index (χ1v) is 6.13. The van der Waals surface area contributed by atoms with Crippen molar-refractivity contribution in [3.8, 4) is 0 Å². The van der Waals surface area contributed by atoms with E-state index in [1.54, 1.807) is 13.0 Å². The number of amides is 1. The quantitative estimate of drug-likeness (QED) is 0.535. The summed E-state index contributed by atoms with van der Waals surface area (Å²) in [7, 11) is 0. The predicted octanol–water partition coefficient (Wildman–Crippen LogP) is 3.34. The smallest absolute Gasteiger partial charge is 0.285 e. The lowest BCUT2D eigenvalue weighted by molar-refractivity contribution is -0.385. The Morgan fingerprint density at radius 2 is 2.14 bits per heavy atom. The average molecular weight is 310 g/mol. The Hall–Kier alpha value is -2.54. The number of nitro groups is 1. The zero-order valence-electron chi connectivity index (χ0n) is 10.8. The Kier molecular flexibility index (Phi) is 4.13. The number of rotatable bonds is 3. The second kappa shape index (κ2) is 5.84. The minimum atomic E-state index is -0.816. The molecule has 0 saturated heterocycles. The zero-order chi connectivity index (χ0) is 15.6. The number of hydrogen-bond acceptors (Lipinski definition) is 4. The molecule has 0 fully saturated rings. The third-order valence-corrected chi connectivity index (χ3v) is 3.07. The number of nitrogens with one attached hydrogen (secondary N) is 1. The highest BCUT2D eigenvalue weighted by Gasteiger charge is 2.21. The lowest BCUT2D eigenvalue weighted by Crippen LogP contribution is -2.14. The SMILES string of the molecule is Cc1cc(NC(=O)c2ccc(F)cc2[N+](=O)[O-])cnc1Cl. The van der Waals surface area contributed by atoms with Crippen LogP contribution in [0.15, 0.2) is 30.5 Å². The number of carbonyl (C=O) groups is 1. The van der Waals surface area contributed by atoms with Gasteiger partial charge in [-0.15, -0.1) is 0 Å². The van der Waals surface area contributed by atoms with Crippen LogP contribution < -0.4 is 5.32 Å². The number of nitrogens with zero attached hydrogens (tertiary/aromatic N) is 2. The van der Waals surface area contributed by atoms with E-state index in [1.165, 1.54) is 6.20 Å². The molecule has 1 aromatic heterocycles. The highest BCUT2D eigenvalue weighted by Crippen LogP contribution is 2.22. The van der Waals surface area contributed by atoms with Crippen LogP contribution in [0.3, 0.4) is 0 Å². The molecule has 2 rings (SSSR count). The second-order valence-electron chi connectivity index (χ2n) is 4.20. The van der Waals surface area contributed by atoms with Gasteiger partial charge in [0.05, 0.1) is 22.9 Å². The summed E-state index contributed by atoms with van der Waals surface area (Å²) in [5, 5.41) is 13.6. The van der Waals surface area contributed by atoms with Crippen LogP contribution in [-0.2, 0) is 0 Å². The van der Waals surface area contributed by atoms with Crippen molar-refractivity contribution in [1.82, 2.24) is 4.98 Å². The summed E-state index contributed by atoms with van der Waals surface area (Å²) >= 11 is 5.76. The molecule has 21 heavy (non-hydrogen) atoms. The van der Waals surface area contributed by atoms with Gasteiger partial charge >= 0.3 is 0 Å². The van der Waals surface area contributed by atoms with Gasteiger partial charge in [-0.3, -0.25) is 14.9 Å². The molecule has 0 saturated carbocycles. The summed E-state index contributed by atoms with van der Waals surface area (Å²) in [6, 6.07) is 4.30. The van der Waals surface area contributed by atoms with Crippen LogP contribution >= 0.6 is 11.6 Å². The Labute approximate surface area is 123 Å². The molecule has 0 bridgehead atoms. The van der Waals surface area contributed by atoms with E-state index >= 15 is 0 Å². The number of nitro benzene ring substituents is 1. The van der Waals surface area contributed by atoms with E-state index in [1.807, 2.05) is 0 Å². The number of aryl methyl sites for hydroxylation is 1. The molecule has 0 unspecified atom stereocenters. The van der Waals surface area contributed by atoms with Crippen LogP contribution in [-0.4, -0.2) is 15.8 Å². The minimum absolute atomic E-state index is 0.242. The zero-order valence-corrected chi connectivity index (χ0v) is 11.5. The van der Waals surface area contributed by atoms with Gasteiger partial charge in [0.1, 0.15) is 16.5 Å². The number of carbonyl (C=O) groups excluding carboxylic acids is 1. The van der Waals surface area contributed by atoms with Gasteiger partial charge < -0.3 is 5.32 Å². The number of benzene rings is 1. The molecule has 0 aliphatic heterocycles. The van der Waals surface area contributed by atoms with E-state index < -0.39 is 22.3 Å². The molecular weight excluding hydrogens is 301 g/mol. The first kappa shape index (κ1) is 14.9. The largest absolute Gasteiger partial charge is 0.320 e. The molecule has 0 radical (unpaired) electrons. The monoisotopic (exact) mass is 309 g/mol. The molecule has 0 atom stereocenters. The van der Waals surface area contributed by atoms with Gasteiger partial charge in [0.25, 0.3) is 11.6 Å². The van der Waals surface area contributed by atoms with Gasteiger partial charge in [0.15, 0.2) is 0 Å². The van der Waals surface area contributed by atoms with E-state index in [0.29, 0.717) is 22.5 Å². The summed E-state index contributed by atoms with van der Waals surface area (Å²) in [5.41, 5.74) is 0.128. The molecule has 0 aliphatic rings. The maximum atomic E-state index is 13.0. The molecule has 0 spiro atoms. The van der Waals surface area contributed by atoms with Crippen LogP contribution in [0.1, 0.15) is 15.9 Å². The van der Waals surface area contributed by atoms with Gasteiger partial charge in [0, 0.05) is 0 Å². The van der Waals surface area contributed by atoms with Gasteiger partial charge in [-0.25, -0.2) is 9.37 Å². The lowest BCUT2D eigenvalue weighted by Gasteiger charge is -2.07. The van der Waals surface area contributed by atoms with Crippen LogP contribution in [0.25, 0.3) is 0 Å². The fraction of sp³-hybridized carbons (Fsp3) is 0.0769. The summed E-state index contributed by atoms with van der Waals surface area (Å²) in [5.74, 6) is -1.52. The maximum Gasteiger partial charge on any atom is 0.285 e. The van der Waals surface area contributed by atoms with Crippen molar-refractivity contribution in [1.29, 1.82) is 0 Å². The summed E-state index contributed by atoms with van der Waals surface area (Å²) in [6.45, 7) is 1.70. The van der Waals surface area contributed by atoms with Crippen molar-refractivity contribution in [3.05, 3.63) is 62.7 Å². The molecule has 1 heterocycles. The summed E-state index contributed by atoms with van der Waals surface area (Å²) < 4.78 is 13.0. The second-order valence-corrected chi connectivity index (χ2v) is 4.56. The van der Waals surface area contributed by atoms with Crippen molar-refractivity contribution >= 4 is 28.9 Å². The average Bonchev–Trinajstić information content (AvgIpc) is 2.42. The Morgan fingerprint density at radius 1 is 1.43 bits per heavy atom. The minimum Gasteiger partial charge on any atom is -0.320 e. The topological polar surface area (TPSA) is 85.1 Å². The molecule has 6 nitrogen and oxygen atoms in total. The van der Waals surface area contributed by atoms with E-state index in [9.17, 15) is 19.3 Å². The molecule has 1 aromatic carbocycles. The normalized spacial score (nSPS) is 10.2. The molecule has 1 N–H and O–H groups in total. The Balaban J connectivity index is 2.32. The van der Waals surface area contributed by atoms with Gasteiger partial charge in [-0.1, -0.05) is 11.6 Å². The fourth-order valence-electron chi connectivity index (χ4n) is 1.67. The van der Waals surface area contributed by atoms with Crippen LogP contribution in [0.5, 0.6) is 0 Å². The maximum absolute atomic E-state index is 13.0. The Morgan fingerprint density at radius 3 is 2.76 bits per heavy atom. The van der Waals surface area contributed by atoms with Crippen LogP contribution in [0.2, 0.25) is 5.15 Å². The summed E-state index contributed by atoms with van der Waals surface area (Å²) in [6.07, 6.45) is 1.32. The molecule has 2 aromatic rings. The number of hydrogen-bond donors (Lipinski definition) is 1. The lowest BCUT2D eigenvalue weighted by atomic mass is 10.1. The van der Waals surface area contributed by atoms with Gasteiger partial charge in [-0.2, -0.15) is 0 Å². The number of anilines is 1. The number of pyridine rings is 1. The number of halogens is 2. The van der Waals surface area contributed by atoms with Crippen molar-refractivity contribution in [2.24, 2.45) is 0 Å². The standard InChI is InChI=1S/C13H9ClFN3O3/c1-7-4-9(6-16-12(7)14)17-13(19)10-3-2-8(15)5-11(10)18(20)21/h2-6H,1H3,(H,17,19). The summed E-state index contributed by atoms with van der Waals surface area (Å²) in [4.78, 5) is 25.9. The molecule has 108 valence electrons. The first-order chi connectivity index (χ1) is 9.88. The molecule has 0 aliphatic carbocycles. The van der Waals surface area contributed by atoms with Gasteiger partial charge in [-0.05, 0) is 30.7 Å². The van der Waals surface area contributed by atoms with Crippen molar-refractivity contribution in [2.75, 3.05) is 5.32 Å². The predicted molar refractivity (Wildman–Crippen MR) is 75.0 cm³/mol. The van der Waals surface area contributed by atoms with Crippen LogP contribution in [0, 0.1) is 22.9 Å². The molecular formula is C13H9ClFN3O3. The third kappa shape index (κ3) is 3.32. The third-order valence-electron chi connectivity index (χ3n) is 2.67. The number of aromatic nitrogens is 1. The van der Waals surface area contributed by atoms with Crippen LogP contribution in [0.4, 0.5) is 15.8 Å².